The van der Waals surface area contributed by atoms with E-state index < -0.39 is 0 Å². The minimum absolute atomic E-state index is 0.0527. The third kappa shape index (κ3) is 3.92. The van der Waals surface area contributed by atoms with Gasteiger partial charge in [-0.05, 0) is 68.5 Å². The Morgan fingerprint density at radius 1 is 1.11 bits per heavy atom. The first-order valence-electron chi connectivity index (χ1n) is 9.19. The van der Waals surface area contributed by atoms with Crippen LogP contribution in [0.2, 0.25) is 0 Å². The van der Waals surface area contributed by atoms with E-state index in [-0.39, 0.29) is 5.91 Å². The molecule has 4 rings (SSSR count). The molecule has 3 aromatic rings. The number of hydrogen-bond acceptors (Lipinski definition) is 5. The van der Waals surface area contributed by atoms with Gasteiger partial charge in [0, 0.05) is 15.3 Å². The minimum atomic E-state index is -0.0527. The number of thiazole rings is 1. The maximum atomic E-state index is 12.7. The van der Waals surface area contributed by atoms with Crippen molar-refractivity contribution in [2.45, 2.75) is 39.0 Å². The predicted molar refractivity (Wildman–Crippen MR) is 112 cm³/mol. The molecule has 0 aliphatic heterocycles. The molecule has 1 aromatic carbocycles. The van der Waals surface area contributed by atoms with E-state index in [0.717, 1.165) is 39.6 Å². The van der Waals surface area contributed by atoms with E-state index in [9.17, 15) is 4.79 Å². The summed E-state index contributed by atoms with van der Waals surface area (Å²) in [4.78, 5) is 20.6. The highest BCUT2D eigenvalue weighted by molar-refractivity contribution is 7.16. The van der Waals surface area contributed by atoms with E-state index >= 15 is 0 Å². The number of hydrogen-bond donors (Lipinski definition) is 1. The number of fused-ring (bicyclic) bond motifs is 1. The van der Waals surface area contributed by atoms with Crippen LogP contribution in [0.4, 0.5) is 5.13 Å². The van der Waals surface area contributed by atoms with Gasteiger partial charge in [0.15, 0.2) is 5.13 Å². The van der Waals surface area contributed by atoms with E-state index in [0.29, 0.717) is 5.13 Å². The number of thiophene rings is 1. The number of anilines is 1. The summed E-state index contributed by atoms with van der Waals surface area (Å²) in [6.45, 7) is 2.03. The maximum absolute atomic E-state index is 12.7. The summed E-state index contributed by atoms with van der Waals surface area (Å²) in [5, 5.41) is 3.64. The lowest BCUT2D eigenvalue weighted by Gasteiger charge is -2.02. The molecule has 0 atom stereocenters. The van der Waals surface area contributed by atoms with E-state index in [4.69, 9.17) is 4.74 Å². The number of benzene rings is 1. The Balaban J connectivity index is 1.52. The highest BCUT2D eigenvalue weighted by Crippen LogP contribution is 2.33. The number of nitrogens with zero attached hydrogens (tertiary/aromatic N) is 1. The average Bonchev–Trinajstić information content (AvgIpc) is 3.18. The molecule has 1 aliphatic rings. The summed E-state index contributed by atoms with van der Waals surface area (Å²) in [5.74, 6) is 0.765. The molecule has 27 heavy (non-hydrogen) atoms. The van der Waals surface area contributed by atoms with Crippen LogP contribution in [0.5, 0.6) is 5.75 Å². The van der Waals surface area contributed by atoms with Crippen molar-refractivity contribution in [1.82, 2.24) is 4.98 Å². The minimum Gasteiger partial charge on any atom is -0.497 e. The molecule has 2 heterocycles. The van der Waals surface area contributed by atoms with E-state index in [2.05, 4.69) is 16.4 Å². The lowest BCUT2D eigenvalue weighted by Crippen LogP contribution is -2.09. The zero-order valence-electron chi connectivity index (χ0n) is 15.5. The molecule has 0 saturated heterocycles. The molecule has 0 saturated carbocycles. The van der Waals surface area contributed by atoms with E-state index in [1.807, 2.05) is 31.2 Å². The van der Waals surface area contributed by atoms with E-state index in [1.54, 1.807) is 18.4 Å². The third-order valence-corrected chi connectivity index (χ3v) is 6.97. The molecule has 140 valence electrons. The fraction of sp³-hybridized carbons (Fsp3) is 0.333. The van der Waals surface area contributed by atoms with Crippen molar-refractivity contribution in [2.75, 3.05) is 12.4 Å². The van der Waals surface area contributed by atoms with Crippen LogP contribution in [0.1, 0.15) is 44.3 Å². The Bertz CT molecular complexity index is 934. The van der Waals surface area contributed by atoms with Crippen LogP contribution >= 0.6 is 22.7 Å². The normalized spacial score (nSPS) is 13.7. The smallest absolute Gasteiger partial charge is 0.267 e. The molecule has 0 spiro atoms. The van der Waals surface area contributed by atoms with Gasteiger partial charge in [0.2, 0.25) is 0 Å². The number of methoxy groups -OCH3 is 1. The molecule has 1 amide bonds. The summed E-state index contributed by atoms with van der Waals surface area (Å²) in [6.07, 6.45) is 5.94. The number of rotatable bonds is 4. The number of aromatic nitrogens is 1. The van der Waals surface area contributed by atoms with Gasteiger partial charge in [-0.25, -0.2) is 4.98 Å². The molecular weight excluding hydrogens is 376 g/mol. The van der Waals surface area contributed by atoms with Crippen molar-refractivity contribution < 1.29 is 9.53 Å². The van der Waals surface area contributed by atoms with Gasteiger partial charge in [-0.1, -0.05) is 6.42 Å². The van der Waals surface area contributed by atoms with Gasteiger partial charge in [0.25, 0.3) is 5.91 Å². The van der Waals surface area contributed by atoms with Gasteiger partial charge in [0.05, 0.1) is 17.7 Å². The molecule has 1 aliphatic carbocycles. The first-order valence-corrected chi connectivity index (χ1v) is 10.8. The van der Waals surface area contributed by atoms with Crippen LogP contribution in [-0.2, 0) is 12.8 Å². The maximum Gasteiger partial charge on any atom is 0.267 e. The van der Waals surface area contributed by atoms with Crippen LogP contribution < -0.4 is 10.1 Å². The Morgan fingerprint density at radius 3 is 2.67 bits per heavy atom. The number of carbonyl (C=O) groups is 1. The number of ether oxygens (including phenoxy) is 1. The van der Waals surface area contributed by atoms with Crippen LogP contribution in [0.3, 0.4) is 0 Å². The van der Waals surface area contributed by atoms with Crippen molar-refractivity contribution in [3.63, 3.8) is 0 Å². The fourth-order valence-electron chi connectivity index (χ4n) is 3.40. The quantitative estimate of drug-likeness (QED) is 0.573. The second kappa shape index (κ2) is 7.82. The molecule has 0 bridgehead atoms. The largest absolute Gasteiger partial charge is 0.497 e. The molecule has 4 nitrogen and oxygen atoms in total. The van der Waals surface area contributed by atoms with Gasteiger partial charge in [-0.2, -0.15) is 0 Å². The molecule has 0 unspecified atom stereocenters. The lowest BCUT2D eigenvalue weighted by atomic mass is 10.1. The average molecular weight is 399 g/mol. The second-order valence-corrected chi connectivity index (χ2v) is 9.07. The van der Waals surface area contributed by atoms with Crippen LogP contribution in [0.15, 0.2) is 30.3 Å². The van der Waals surface area contributed by atoms with Crippen LogP contribution in [-0.4, -0.2) is 18.0 Å². The highest BCUT2D eigenvalue weighted by atomic mass is 32.1. The summed E-state index contributed by atoms with van der Waals surface area (Å²) in [5.41, 5.74) is 3.28. The van der Waals surface area contributed by atoms with Gasteiger partial charge in [0.1, 0.15) is 5.75 Å². The molecule has 6 heteroatoms. The molecule has 0 radical (unpaired) electrons. The molecule has 2 aromatic heterocycles. The summed E-state index contributed by atoms with van der Waals surface area (Å²) < 4.78 is 5.21. The Kier molecular flexibility index (Phi) is 5.27. The SMILES string of the molecule is COc1ccc(-c2nc(NC(=O)c3cc4c(s3)CCCCC4)sc2C)cc1. The number of nitrogens with one attached hydrogen (secondary N) is 1. The van der Waals surface area contributed by atoms with Crippen molar-refractivity contribution >= 4 is 33.7 Å². The predicted octanol–water partition coefficient (Wildman–Crippen LogP) is 5.71. The zero-order chi connectivity index (χ0) is 18.8. The standard InChI is InChI=1S/C21H22N2O2S2/c1-13-19(14-8-10-16(25-2)11-9-14)22-21(26-13)23-20(24)18-12-15-6-4-3-5-7-17(15)27-18/h8-12H,3-7H2,1-2H3,(H,22,23,24). The van der Waals surface area contributed by atoms with Crippen LogP contribution in [0.25, 0.3) is 11.3 Å². The zero-order valence-corrected chi connectivity index (χ0v) is 17.1. The van der Waals surface area contributed by atoms with Crippen LogP contribution in [0, 0.1) is 6.92 Å². The summed E-state index contributed by atoms with van der Waals surface area (Å²) in [7, 11) is 1.65. The van der Waals surface area contributed by atoms with E-state index in [1.165, 1.54) is 41.0 Å². The number of amides is 1. The third-order valence-electron chi connectivity index (χ3n) is 4.85. The van der Waals surface area contributed by atoms with Gasteiger partial charge in [-0.3, -0.25) is 10.1 Å². The Labute approximate surface area is 167 Å². The van der Waals surface area contributed by atoms with Crippen molar-refractivity contribution in [1.29, 1.82) is 0 Å². The fourth-order valence-corrected chi connectivity index (χ4v) is 5.38. The molecule has 1 N–H and O–H groups in total. The lowest BCUT2D eigenvalue weighted by molar-refractivity contribution is 0.103. The van der Waals surface area contributed by atoms with Gasteiger partial charge < -0.3 is 4.74 Å². The summed E-state index contributed by atoms with van der Waals surface area (Å²) in [6, 6.07) is 9.90. The Hall–Kier alpha value is -2.18. The van der Waals surface area contributed by atoms with Gasteiger partial charge >= 0.3 is 0 Å². The highest BCUT2D eigenvalue weighted by Gasteiger charge is 2.18. The van der Waals surface area contributed by atoms with Crippen molar-refractivity contribution in [3.05, 3.63) is 50.5 Å². The monoisotopic (exact) mass is 398 g/mol. The summed E-state index contributed by atoms with van der Waals surface area (Å²) >= 11 is 3.15. The van der Waals surface area contributed by atoms with Crippen molar-refractivity contribution in [2.24, 2.45) is 0 Å². The Morgan fingerprint density at radius 2 is 1.89 bits per heavy atom. The van der Waals surface area contributed by atoms with Crippen molar-refractivity contribution in [3.8, 4) is 17.0 Å². The molecular formula is C21H22N2O2S2. The first kappa shape index (κ1) is 18.2. The topological polar surface area (TPSA) is 51.2 Å². The first-order chi connectivity index (χ1) is 13.1. The number of carbonyl (C=O) groups excluding carboxylic acids is 1. The molecule has 0 fully saturated rings. The second-order valence-electron chi connectivity index (χ2n) is 6.73. The van der Waals surface area contributed by atoms with Gasteiger partial charge in [-0.15, -0.1) is 22.7 Å². The number of aryl methyl sites for hydroxylation is 3.